The summed E-state index contributed by atoms with van der Waals surface area (Å²) in [6.07, 6.45) is 8.73. The molecule has 4 N–H and O–H groups in total. The number of urea groups is 2. The number of carbonyl (C=O) groups excluding carboxylic acids is 2. The summed E-state index contributed by atoms with van der Waals surface area (Å²) in [6.45, 7) is 7.40. The zero-order valence-electron chi connectivity index (χ0n) is 24.7. The molecule has 1 unspecified atom stereocenters. The number of amides is 4. The molecule has 9 nitrogen and oxygen atoms in total. The van der Waals surface area contributed by atoms with Crippen LogP contribution in [-0.4, -0.2) is 95.6 Å². The summed E-state index contributed by atoms with van der Waals surface area (Å²) in [5.74, 6) is 0. The van der Waals surface area contributed by atoms with Gasteiger partial charge in [0, 0.05) is 51.6 Å². The van der Waals surface area contributed by atoms with Crippen LogP contribution in [-0.2, 0) is 13.0 Å². The lowest BCUT2D eigenvalue weighted by Crippen LogP contribution is -2.55. The molecular weight excluding hydrogens is 694 g/mol. The highest BCUT2D eigenvalue weighted by Gasteiger charge is 2.34. The van der Waals surface area contributed by atoms with Crippen molar-refractivity contribution in [2.45, 2.75) is 76.0 Å². The van der Waals surface area contributed by atoms with Crippen LogP contribution in [0.1, 0.15) is 55.4 Å². The van der Waals surface area contributed by atoms with Crippen LogP contribution in [0.3, 0.4) is 0 Å². The normalized spacial score (nSPS) is 21.9. The number of carbonyl (C=O) groups is 2. The number of nitrogens with two attached hydrogens (primary N) is 1. The lowest BCUT2D eigenvalue weighted by molar-refractivity contribution is 0.0872. The second kappa shape index (κ2) is 14.1. The Morgan fingerprint density at radius 2 is 1.67 bits per heavy atom. The first-order valence-corrected chi connectivity index (χ1v) is 18.2. The van der Waals surface area contributed by atoms with Crippen LogP contribution in [0.5, 0.6) is 0 Å². The second-order valence-electron chi connectivity index (χ2n) is 12.5. The molecule has 3 fully saturated rings. The number of nitrogens with zero attached hydrogens (tertiary/aromatic N) is 4. The van der Waals surface area contributed by atoms with Gasteiger partial charge in [-0.25, -0.2) is 9.59 Å². The SMILES string of the molecule is Nc1c(Br)cc(CC(CN2CCC(N3CCCCC3)CC2)NC(=O)N2CCC(N3Cc4sccc4NC3=O)CC2)cc1Br. The van der Waals surface area contributed by atoms with E-state index in [0.717, 1.165) is 59.1 Å². The summed E-state index contributed by atoms with van der Waals surface area (Å²) in [6, 6.07) is 6.87. The highest BCUT2D eigenvalue weighted by atomic mass is 79.9. The molecule has 2 aromatic rings. The number of likely N-dealkylation sites (tertiary alicyclic amines) is 3. The van der Waals surface area contributed by atoms with E-state index in [1.165, 1.54) is 50.1 Å². The smallest absolute Gasteiger partial charge is 0.322 e. The van der Waals surface area contributed by atoms with Gasteiger partial charge < -0.3 is 36.0 Å². The van der Waals surface area contributed by atoms with Crippen LogP contribution in [0.15, 0.2) is 32.5 Å². The lowest BCUT2D eigenvalue weighted by atomic mass is 9.98. The van der Waals surface area contributed by atoms with E-state index in [1.54, 1.807) is 11.3 Å². The third kappa shape index (κ3) is 7.52. The van der Waals surface area contributed by atoms with Crippen molar-refractivity contribution in [1.29, 1.82) is 0 Å². The molecule has 4 aliphatic rings. The Morgan fingerprint density at radius 1 is 1.00 bits per heavy atom. The summed E-state index contributed by atoms with van der Waals surface area (Å²) < 4.78 is 1.73. The van der Waals surface area contributed by atoms with Crippen molar-refractivity contribution in [1.82, 2.24) is 24.9 Å². The molecular formula is C31H43Br2N7O2S. The third-order valence-electron chi connectivity index (χ3n) is 9.65. The molecule has 0 spiro atoms. The van der Waals surface area contributed by atoms with Crippen LogP contribution in [0, 0.1) is 0 Å². The first-order valence-electron chi connectivity index (χ1n) is 15.7. The average molecular weight is 738 g/mol. The average Bonchev–Trinajstić information content (AvgIpc) is 3.47. The van der Waals surface area contributed by atoms with E-state index in [1.807, 2.05) is 21.2 Å². The molecule has 6 rings (SSSR count). The number of fused-ring (bicyclic) bond motifs is 1. The molecule has 234 valence electrons. The van der Waals surface area contributed by atoms with Gasteiger partial charge in [0.25, 0.3) is 0 Å². The number of anilines is 2. The minimum atomic E-state index is -0.0289. The largest absolute Gasteiger partial charge is 0.397 e. The quantitative estimate of drug-likeness (QED) is 0.306. The van der Waals surface area contributed by atoms with Gasteiger partial charge in [-0.15, -0.1) is 11.3 Å². The fourth-order valence-electron chi connectivity index (χ4n) is 7.19. The van der Waals surface area contributed by atoms with Crippen molar-refractivity contribution in [3.8, 4) is 0 Å². The minimum absolute atomic E-state index is 0.0103. The number of thiophene rings is 1. The number of hydrogen-bond donors (Lipinski definition) is 3. The molecule has 4 amide bonds. The van der Waals surface area contributed by atoms with Gasteiger partial charge in [-0.1, -0.05) is 6.42 Å². The van der Waals surface area contributed by atoms with E-state index in [2.05, 4.69) is 64.4 Å². The maximum atomic E-state index is 13.6. The van der Waals surface area contributed by atoms with Gasteiger partial charge in [-0.05, 0) is 132 Å². The molecule has 12 heteroatoms. The monoisotopic (exact) mass is 735 g/mol. The summed E-state index contributed by atoms with van der Waals surface area (Å²) in [5.41, 5.74) is 8.91. The molecule has 0 saturated carbocycles. The van der Waals surface area contributed by atoms with Crippen molar-refractivity contribution in [2.75, 3.05) is 56.9 Å². The Hall–Kier alpha value is -1.86. The van der Waals surface area contributed by atoms with Gasteiger partial charge in [0.1, 0.15) is 0 Å². The molecule has 0 radical (unpaired) electrons. The van der Waals surface area contributed by atoms with Crippen LogP contribution in [0.4, 0.5) is 21.0 Å². The van der Waals surface area contributed by atoms with E-state index in [-0.39, 0.29) is 24.1 Å². The number of rotatable bonds is 7. The highest BCUT2D eigenvalue weighted by molar-refractivity contribution is 9.11. The van der Waals surface area contributed by atoms with Crippen LogP contribution in [0.25, 0.3) is 0 Å². The Bertz CT molecular complexity index is 1260. The lowest BCUT2D eigenvalue weighted by Gasteiger charge is -2.42. The minimum Gasteiger partial charge on any atom is -0.397 e. The van der Waals surface area contributed by atoms with Gasteiger partial charge in [0.15, 0.2) is 0 Å². The third-order valence-corrected chi connectivity index (χ3v) is 11.9. The molecule has 1 atom stereocenters. The Labute approximate surface area is 275 Å². The molecule has 4 aliphatic heterocycles. The Balaban J connectivity index is 1.06. The van der Waals surface area contributed by atoms with Crippen molar-refractivity contribution in [3.05, 3.63) is 43.0 Å². The second-order valence-corrected chi connectivity index (χ2v) is 15.2. The summed E-state index contributed by atoms with van der Waals surface area (Å²) in [7, 11) is 0. The number of piperidine rings is 3. The fourth-order valence-corrected chi connectivity index (χ4v) is 9.30. The molecule has 1 aromatic carbocycles. The molecule has 5 heterocycles. The molecule has 1 aromatic heterocycles. The van der Waals surface area contributed by atoms with Crippen LogP contribution >= 0.6 is 43.2 Å². The summed E-state index contributed by atoms with van der Waals surface area (Å²) in [4.78, 5) is 36.7. The molecule has 0 aliphatic carbocycles. The van der Waals surface area contributed by atoms with Gasteiger partial charge >= 0.3 is 12.1 Å². The van der Waals surface area contributed by atoms with Gasteiger partial charge in [0.05, 0.1) is 17.9 Å². The summed E-state index contributed by atoms with van der Waals surface area (Å²) >= 11 is 8.87. The van der Waals surface area contributed by atoms with Gasteiger partial charge in [-0.3, -0.25) is 0 Å². The number of halogens is 2. The van der Waals surface area contributed by atoms with Crippen LogP contribution < -0.4 is 16.4 Å². The zero-order chi connectivity index (χ0) is 29.9. The number of nitrogens with one attached hydrogen (secondary N) is 2. The highest BCUT2D eigenvalue weighted by Crippen LogP contribution is 2.32. The standard InChI is InChI=1S/C31H43Br2N7O2S/c32-25-17-21(18-26(33)29(25)34)16-22(19-37-11-4-23(5-12-37)38-9-2-1-3-10-38)35-30(41)39-13-6-24(7-14-39)40-20-28-27(8-15-43-28)36-31(40)42/h8,15,17-18,22-24H,1-7,9-14,16,19-20,34H2,(H,35,41)(H,36,42). The van der Waals surface area contributed by atoms with Gasteiger partial charge in [-0.2, -0.15) is 0 Å². The maximum absolute atomic E-state index is 13.6. The number of nitrogen functional groups attached to an aromatic ring is 1. The van der Waals surface area contributed by atoms with Crippen molar-refractivity contribution in [3.63, 3.8) is 0 Å². The van der Waals surface area contributed by atoms with Crippen molar-refractivity contribution >= 4 is 66.6 Å². The number of benzene rings is 1. The number of hydrogen-bond acceptors (Lipinski definition) is 6. The fraction of sp³-hybridized carbons (Fsp3) is 0.613. The summed E-state index contributed by atoms with van der Waals surface area (Å²) in [5, 5.41) is 8.45. The zero-order valence-corrected chi connectivity index (χ0v) is 28.7. The Morgan fingerprint density at radius 3 is 2.37 bits per heavy atom. The topological polar surface area (TPSA) is 97.2 Å². The van der Waals surface area contributed by atoms with Crippen molar-refractivity contribution in [2.24, 2.45) is 0 Å². The molecule has 43 heavy (non-hydrogen) atoms. The Kier molecular flexibility index (Phi) is 10.2. The van der Waals surface area contributed by atoms with E-state index in [4.69, 9.17) is 5.73 Å². The van der Waals surface area contributed by atoms with Crippen molar-refractivity contribution < 1.29 is 9.59 Å². The first kappa shape index (κ1) is 31.1. The first-order chi connectivity index (χ1) is 20.8. The predicted molar refractivity (Wildman–Crippen MR) is 181 cm³/mol. The van der Waals surface area contributed by atoms with E-state index >= 15 is 0 Å². The van der Waals surface area contributed by atoms with Crippen LogP contribution in [0.2, 0.25) is 0 Å². The predicted octanol–water partition coefficient (Wildman–Crippen LogP) is 5.94. The molecule has 3 saturated heterocycles. The maximum Gasteiger partial charge on any atom is 0.322 e. The van der Waals surface area contributed by atoms with E-state index in [9.17, 15) is 9.59 Å². The van der Waals surface area contributed by atoms with Gasteiger partial charge in [0.2, 0.25) is 0 Å². The van der Waals surface area contributed by atoms with E-state index < -0.39 is 0 Å². The molecule has 0 bridgehead atoms. The van der Waals surface area contributed by atoms with E-state index in [0.29, 0.717) is 31.4 Å².